The van der Waals surface area contributed by atoms with Crippen molar-refractivity contribution in [3.63, 3.8) is 0 Å². The predicted octanol–water partition coefficient (Wildman–Crippen LogP) is 1.75. The van der Waals surface area contributed by atoms with Gasteiger partial charge in [-0.3, -0.25) is 0 Å². The molecule has 25 heavy (non-hydrogen) atoms. The number of urea groups is 1. The summed E-state index contributed by atoms with van der Waals surface area (Å²) in [5.74, 6) is 0.575. The first-order valence-corrected chi connectivity index (χ1v) is 8.81. The Balaban J connectivity index is 1.50. The van der Waals surface area contributed by atoms with Gasteiger partial charge < -0.3 is 15.1 Å². The lowest BCUT2D eigenvalue weighted by atomic mass is 10.1. The van der Waals surface area contributed by atoms with E-state index in [-0.39, 0.29) is 6.03 Å². The number of benzene rings is 1. The van der Waals surface area contributed by atoms with Crippen LogP contribution in [0, 0.1) is 5.92 Å². The average Bonchev–Trinajstić information content (AvgIpc) is 3.32. The van der Waals surface area contributed by atoms with Crippen molar-refractivity contribution < 1.29 is 4.79 Å². The van der Waals surface area contributed by atoms with Crippen molar-refractivity contribution in [2.45, 2.75) is 19.9 Å². The maximum atomic E-state index is 12.4. The Kier molecular flexibility index (Phi) is 5.65. The predicted molar refractivity (Wildman–Crippen MR) is 96.4 cm³/mol. The van der Waals surface area contributed by atoms with Gasteiger partial charge in [0.05, 0.1) is 5.69 Å². The Morgan fingerprint density at radius 2 is 2.32 bits per heavy atom. The van der Waals surface area contributed by atoms with Gasteiger partial charge in [-0.25, -0.2) is 14.5 Å². The molecular formula is C18H26N6O. The van der Waals surface area contributed by atoms with E-state index in [0.717, 1.165) is 43.9 Å². The largest absolute Gasteiger partial charge is 0.334 e. The van der Waals surface area contributed by atoms with E-state index in [1.165, 1.54) is 6.33 Å². The lowest BCUT2D eigenvalue weighted by molar-refractivity contribution is 0.204. The van der Waals surface area contributed by atoms with Gasteiger partial charge in [-0.2, -0.15) is 5.10 Å². The van der Waals surface area contributed by atoms with E-state index >= 15 is 0 Å². The van der Waals surface area contributed by atoms with E-state index in [9.17, 15) is 4.79 Å². The molecule has 7 heteroatoms. The molecule has 2 amide bonds. The summed E-state index contributed by atoms with van der Waals surface area (Å²) in [5, 5.41) is 7.16. The molecule has 2 aromatic rings. The minimum atomic E-state index is 0.0211. The van der Waals surface area contributed by atoms with Crippen molar-refractivity contribution in [2.75, 3.05) is 33.2 Å². The fraction of sp³-hybridized carbons (Fsp3) is 0.500. The molecule has 2 heterocycles. The van der Waals surface area contributed by atoms with Crippen molar-refractivity contribution in [1.82, 2.24) is 29.9 Å². The van der Waals surface area contributed by atoms with Gasteiger partial charge >= 0.3 is 6.03 Å². The minimum absolute atomic E-state index is 0.0211. The van der Waals surface area contributed by atoms with Crippen molar-refractivity contribution in [3.8, 4) is 5.69 Å². The van der Waals surface area contributed by atoms with Gasteiger partial charge in [0, 0.05) is 26.2 Å². The Labute approximate surface area is 148 Å². The Bertz CT molecular complexity index is 687. The van der Waals surface area contributed by atoms with E-state index in [0.29, 0.717) is 12.5 Å². The van der Waals surface area contributed by atoms with Gasteiger partial charge in [0.2, 0.25) is 0 Å². The average molecular weight is 342 g/mol. The van der Waals surface area contributed by atoms with Crippen LogP contribution in [-0.4, -0.2) is 63.8 Å². The third kappa shape index (κ3) is 4.57. The van der Waals surface area contributed by atoms with Gasteiger partial charge in [0.25, 0.3) is 0 Å². The normalized spacial score (nSPS) is 17.2. The molecule has 0 aliphatic carbocycles. The Morgan fingerprint density at radius 3 is 3.08 bits per heavy atom. The van der Waals surface area contributed by atoms with Gasteiger partial charge in [-0.1, -0.05) is 19.1 Å². The number of rotatable bonds is 6. The zero-order valence-corrected chi connectivity index (χ0v) is 14.9. The lowest BCUT2D eigenvalue weighted by Gasteiger charge is -2.20. The molecular weight excluding hydrogens is 316 g/mol. The second-order valence-electron chi connectivity index (χ2n) is 6.62. The number of hydrogen-bond acceptors (Lipinski definition) is 4. The Hall–Kier alpha value is -2.41. The standard InChI is InChI=1S/C18H26N6O/c1-3-22(2)11-16-7-8-23(12-16)18(25)20-10-15-5-4-6-17(9-15)24-14-19-13-21-24/h4-6,9,13-14,16H,3,7-8,10-12H2,1-2H3,(H,20,25)/t16-/m1/s1. The fourth-order valence-corrected chi connectivity index (χ4v) is 3.18. The van der Waals surface area contributed by atoms with Crippen LogP contribution < -0.4 is 5.32 Å². The lowest BCUT2D eigenvalue weighted by Crippen LogP contribution is -2.38. The number of carbonyl (C=O) groups excluding carboxylic acids is 1. The molecule has 1 atom stereocenters. The number of amides is 2. The summed E-state index contributed by atoms with van der Waals surface area (Å²) < 4.78 is 1.71. The number of hydrogen-bond donors (Lipinski definition) is 1. The maximum Gasteiger partial charge on any atom is 0.317 e. The van der Waals surface area contributed by atoms with Gasteiger partial charge in [0.1, 0.15) is 12.7 Å². The topological polar surface area (TPSA) is 66.3 Å². The van der Waals surface area contributed by atoms with E-state index < -0.39 is 0 Å². The summed E-state index contributed by atoms with van der Waals surface area (Å²) in [5.41, 5.74) is 1.98. The van der Waals surface area contributed by atoms with Crippen molar-refractivity contribution >= 4 is 6.03 Å². The molecule has 0 spiro atoms. The number of carbonyl (C=O) groups is 1. The maximum absolute atomic E-state index is 12.4. The van der Waals surface area contributed by atoms with Crippen LogP contribution in [-0.2, 0) is 6.54 Å². The van der Waals surface area contributed by atoms with Crippen LogP contribution in [0.15, 0.2) is 36.9 Å². The van der Waals surface area contributed by atoms with Crippen molar-refractivity contribution in [3.05, 3.63) is 42.5 Å². The molecule has 1 fully saturated rings. The van der Waals surface area contributed by atoms with Crippen LogP contribution in [0.3, 0.4) is 0 Å². The van der Waals surface area contributed by atoms with E-state index in [1.54, 1.807) is 11.0 Å². The highest BCUT2D eigenvalue weighted by Gasteiger charge is 2.26. The monoisotopic (exact) mass is 342 g/mol. The van der Waals surface area contributed by atoms with E-state index in [4.69, 9.17) is 0 Å². The van der Waals surface area contributed by atoms with Crippen LogP contribution in [0.2, 0.25) is 0 Å². The van der Waals surface area contributed by atoms with Gasteiger partial charge in [-0.15, -0.1) is 0 Å². The number of likely N-dealkylation sites (tertiary alicyclic amines) is 1. The molecule has 1 aliphatic heterocycles. The first kappa shape index (κ1) is 17.4. The summed E-state index contributed by atoms with van der Waals surface area (Å²) in [6.07, 6.45) is 4.25. The molecule has 1 aromatic carbocycles. The van der Waals surface area contributed by atoms with E-state index in [2.05, 4.69) is 34.3 Å². The fourth-order valence-electron chi connectivity index (χ4n) is 3.18. The van der Waals surface area contributed by atoms with Crippen LogP contribution >= 0.6 is 0 Å². The first-order chi connectivity index (χ1) is 12.2. The van der Waals surface area contributed by atoms with Crippen molar-refractivity contribution in [2.24, 2.45) is 5.92 Å². The molecule has 1 N–H and O–H groups in total. The van der Waals surface area contributed by atoms with Crippen molar-refractivity contribution in [1.29, 1.82) is 0 Å². The molecule has 1 aliphatic rings. The molecule has 0 bridgehead atoms. The highest BCUT2D eigenvalue weighted by atomic mass is 16.2. The summed E-state index contributed by atoms with van der Waals surface area (Å²) >= 11 is 0. The number of aromatic nitrogens is 3. The molecule has 0 unspecified atom stereocenters. The second-order valence-corrected chi connectivity index (χ2v) is 6.62. The third-order valence-electron chi connectivity index (χ3n) is 4.72. The summed E-state index contributed by atoms with van der Waals surface area (Å²) in [7, 11) is 2.13. The van der Waals surface area contributed by atoms with Gasteiger partial charge in [-0.05, 0) is 43.6 Å². The van der Waals surface area contributed by atoms with Crippen LogP contribution in [0.1, 0.15) is 18.9 Å². The van der Waals surface area contributed by atoms with Gasteiger partial charge in [0.15, 0.2) is 0 Å². The Morgan fingerprint density at radius 1 is 1.44 bits per heavy atom. The summed E-state index contributed by atoms with van der Waals surface area (Å²) in [6.45, 7) is 6.46. The highest BCUT2D eigenvalue weighted by molar-refractivity contribution is 5.74. The number of nitrogens with zero attached hydrogens (tertiary/aromatic N) is 5. The highest BCUT2D eigenvalue weighted by Crippen LogP contribution is 2.17. The molecule has 0 saturated carbocycles. The second kappa shape index (κ2) is 8.11. The molecule has 3 rings (SSSR count). The van der Waals surface area contributed by atoms with Crippen LogP contribution in [0.4, 0.5) is 4.79 Å². The molecule has 0 radical (unpaired) electrons. The molecule has 134 valence electrons. The first-order valence-electron chi connectivity index (χ1n) is 8.81. The number of nitrogens with one attached hydrogen (secondary N) is 1. The van der Waals surface area contributed by atoms with Crippen LogP contribution in [0.25, 0.3) is 5.69 Å². The third-order valence-corrected chi connectivity index (χ3v) is 4.72. The minimum Gasteiger partial charge on any atom is -0.334 e. The molecule has 1 aromatic heterocycles. The van der Waals surface area contributed by atoms with Crippen LogP contribution in [0.5, 0.6) is 0 Å². The quantitative estimate of drug-likeness (QED) is 0.868. The van der Waals surface area contributed by atoms with E-state index in [1.807, 2.05) is 29.2 Å². The summed E-state index contributed by atoms with van der Waals surface area (Å²) in [6, 6.07) is 7.97. The SMILES string of the molecule is CCN(C)C[C@H]1CCN(C(=O)NCc2cccc(-n3cncn3)c2)C1. The molecule has 7 nitrogen and oxygen atoms in total. The smallest absolute Gasteiger partial charge is 0.317 e. The zero-order valence-electron chi connectivity index (χ0n) is 14.9. The zero-order chi connectivity index (χ0) is 17.6. The molecule has 1 saturated heterocycles. The summed E-state index contributed by atoms with van der Waals surface area (Å²) in [4.78, 5) is 20.6.